The van der Waals surface area contributed by atoms with Gasteiger partial charge in [0.15, 0.2) is 0 Å². The molecule has 0 N–H and O–H groups in total. The molecular weight excluding hydrogens is 197 g/mol. The topological polar surface area (TPSA) is 26.3 Å². The largest absolute Gasteiger partial charge is 0.466 e. The molecule has 84 valence electrons. The van der Waals surface area contributed by atoms with E-state index in [0.29, 0.717) is 0 Å². The van der Waals surface area contributed by atoms with Crippen molar-refractivity contribution in [1.82, 2.24) is 0 Å². The highest BCUT2D eigenvalue weighted by Gasteiger charge is 2.37. The van der Waals surface area contributed by atoms with Crippen LogP contribution in [-0.2, 0) is 9.53 Å². The highest BCUT2D eigenvalue weighted by molar-refractivity contribution is 5.71. The standard InChI is InChI=1S/C9H15F3O2/c1-4-14-8(13)6(2)5-7(3)9(10,11)12/h6-7H,4-5H2,1-3H3. The molecule has 0 aliphatic rings. The Balaban J connectivity index is 4.06. The van der Waals surface area contributed by atoms with Crippen LogP contribution in [0.2, 0.25) is 0 Å². The molecule has 0 amide bonds. The molecule has 2 unspecified atom stereocenters. The van der Waals surface area contributed by atoms with Crippen molar-refractivity contribution in [3.05, 3.63) is 0 Å². The fourth-order valence-corrected chi connectivity index (χ4v) is 1.04. The second-order valence-electron chi connectivity index (χ2n) is 3.33. The molecule has 14 heavy (non-hydrogen) atoms. The number of hydrogen-bond donors (Lipinski definition) is 0. The molecule has 0 fully saturated rings. The normalized spacial score (nSPS) is 16.1. The Hall–Kier alpha value is -0.740. The molecule has 2 atom stereocenters. The van der Waals surface area contributed by atoms with Gasteiger partial charge < -0.3 is 4.74 Å². The maximum Gasteiger partial charge on any atom is 0.391 e. The molecule has 2 nitrogen and oxygen atoms in total. The lowest BCUT2D eigenvalue weighted by Crippen LogP contribution is -2.25. The van der Waals surface area contributed by atoms with Gasteiger partial charge in [0.2, 0.25) is 0 Å². The number of carbonyl (C=O) groups excluding carboxylic acids is 1. The maximum atomic E-state index is 12.1. The zero-order chi connectivity index (χ0) is 11.4. The Morgan fingerprint density at radius 1 is 1.36 bits per heavy atom. The van der Waals surface area contributed by atoms with E-state index in [1.807, 2.05) is 0 Å². The third-order valence-corrected chi connectivity index (χ3v) is 1.95. The van der Waals surface area contributed by atoms with Crippen molar-refractivity contribution < 1.29 is 22.7 Å². The number of esters is 1. The van der Waals surface area contributed by atoms with Crippen LogP contribution in [0.15, 0.2) is 0 Å². The Kier molecular flexibility index (Phi) is 4.94. The van der Waals surface area contributed by atoms with Crippen LogP contribution in [0.5, 0.6) is 0 Å². The Bertz CT molecular complexity index is 189. The third kappa shape index (κ3) is 4.48. The zero-order valence-corrected chi connectivity index (χ0v) is 8.52. The summed E-state index contributed by atoms with van der Waals surface area (Å²) in [6, 6.07) is 0. The summed E-state index contributed by atoms with van der Waals surface area (Å²) in [5.74, 6) is -2.74. The van der Waals surface area contributed by atoms with Gasteiger partial charge in [-0.25, -0.2) is 0 Å². The molecule has 0 aliphatic heterocycles. The van der Waals surface area contributed by atoms with Crippen LogP contribution < -0.4 is 0 Å². The van der Waals surface area contributed by atoms with Gasteiger partial charge in [-0.05, 0) is 13.3 Å². The second-order valence-corrected chi connectivity index (χ2v) is 3.33. The fourth-order valence-electron chi connectivity index (χ4n) is 1.04. The van der Waals surface area contributed by atoms with E-state index < -0.39 is 24.0 Å². The van der Waals surface area contributed by atoms with Gasteiger partial charge in [0.1, 0.15) is 0 Å². The van der Waals surface area contributed by atoms with Gasteiger partial charge in [0, 0.05) is 0 Å². The van der Waals surface area contributed by atoms with Crippen molar-refractivity contribution in [2.45, 2.75) is 33.4 Å². The molecule has 0 heterocycles. The molecule has 0 saturated carbocycles. The van der Waals surface area contributed by atoms with Gasteiger partial charge in [-0.1, -0.05) is 13.8 Å². The fraction of sp³-hybridized carbons (Fsp3) is 0.889. The summed E-state index contributed by atoms with van der Waals surface area (Å²) < 4.78 is 40.9. The summed E-state index contributed by atoms with van der Waals surface area (Å²) in [5.41, 5.74) is 0. The quantitative estimate of drug-likeness (QED) is 0.670. The van der Waals surface area contributed by atoms with E-state index in [4.69, 9.17) is 0 Å². The van der Waals surface area contributed by atoms with Gasteiger partial charge >= 0.3 is 12.1 Å². The first-order valence-electron chi connectivity index (χ1n) is 4.52. The van der Waals surface area contributed by atoms with Crippen molar-refractivity contribution in [2.24, 2.45) is 11.8 Å². The molecule has 0 spiro atoms. The monoisotopic (exact) mass is 212 g/mol. The second kappa shape index (κ2) is 5.22. The lowest BCUT2D eigenvalue weighted by molar-refractivity contribution is -0.176. The number of ether oxygens (including phenoxy) is 1. The number of alkyl halides is 3. The van der Waals surface area contributed by atoms with E-state index >= 15 is 0 Å². The minimum absolute atomic E-state index is 0.198. The van der Waals surface area contributed by atoms with Crippen LogP contribution in [0.3, 0.4) is 0 Å². The van der Waals surface area contributed by atoms with Gasteiger partial charge in [-0.3, -0.25) is 4.79 Å². The Labute approximate surface area is 81.4 Å². The molecule has 0 aliphatic carbocycles. The van der Waals surface area contributed by atoms with Crippen molar-refractivity contribution >= 4 is 5.97 Å². The van der Waals surface area contributed by atoms with E-state index in [1.165, 1.54) is 6.92 Å². The van der Waals surface area contributed by atoms with Gasteiger partial charge in [-0.15, -0.1) is 0 Å². The Morgan fingerprint density at radius 3 is 2.21 bits per heavy atom. The van der Waals surface area contributed by atoms with Gasteiger partial charge in [0.05, 0.1) is 18.4 Å². The molecule has 5 heteroatoms. The number of carbonyl (C=O) groups is 1. The number of halogens is 3. The molecule has 0 bridgehead atoms. The maximum absolute atomic E-state index is 12.1. The van der Waals surface area contributed by atoms with Gasteiger partial charge in [-0.2, -0.15) is 13.2 Å². The lowest BCUT2D eigenvalue weighted by atomic mass is 9.97. The predicted molar refractivity (Wildman–Crippen MR) is 45.6 cm³/mol. The molecule has 0 saturated heterocycles. The summed E-state index contributed by atoms with van der Waals surface area (Å²) in [5, 5.41) is 0. The van der Waals surface area contributed by atoms with Crippen LogP contribution >= 0.6 is 0 Å². The van der Waals surface area contributed by atoms with E-state index in [0.717, 1.165) is 6.92 Å². The van der Waals surface area contributed by atoms with E-state index in [9.17, 15) is 18.0 Å². The van der Waals surface area contributed by atoms with Gasteiger partial charge in [0.25, 0.3) is 0 Å². The van der Waals surface area contributed by atoms with Crippen molar-refractivity contribution in [1.29, 1.82) is 0 Å². The van der Waals surface area contributed by atoms with Crippen LogP contribution in [0.1, 0.15) is 27.2 Å². The minimum atomic E-state index is -4.24. The van der Waals surface area contributed by atoms with Crippen molar-refractivity contribution in [3.63, 3.8) is 0 Å². The predicted octanol–water partition coefficient (Wildman–Crippen LogP) is 2.77. The summed E-state index contributed by atoms with van der Waals surface area (Å²) >= 11 is 0. The van der Waals surface area contributed by atoms with E-state index in [1.54, 1.807) is 6.92 Å². The average molecular weight is 212 g/mol. The average Bonchev–Trinajstić information content (AvgIpc) is 2.02. The summed E-state index contributed by atoms with van der Waals surface area (Å²) in [6.45, 7) is 4.33. The molecule has 0 aromatic carbocycles. The summed E-state index contributed by atoms with van der Waals surface area (Å²) in [4.78, 5) is 11.0. The smallest absolute Gasteiger partial charge is 0.391 e. The highest BCUT2D eigenvalue weighted by atomic mass is 19.4. The number of hydrogen-bond acceptors (Lipinski definition) is 2. The van der Waals surface area contributed by atoms with Crippen LogP contribution in [0.4, 0.5) is 13.2 Å². The molecule has 0 radical (unpaired) electrons. The van der Waals surface area contributed by atoms with Crippen LogP contribution in [0.25, 0.3) is 0 Å². The molecule has 0 rings (SSSR count). The first-order valence-corrected chi connectivity index (χ1v) is 4.52. The van der Waals surface area contributed by atoms with E-state index in [2.05, 4.69) is 4.74 Å². The molecule has 0 aromatic rings. The minimum Gasteiger partial charge on any atom is -0.466 e. The summed E-state index contributed by atoms with van der Waals surface area (Å²) in [6.07, 6.45) is -4.46. The first-order chi connectivity index (χ1) is 6.29. The Morgan fingerprint density at radius 2 is 1.86 bits per heavy atom. The SMILES string of the molecule is CCOC(=O)C(C)CC(C)C(F)(F)F. The van der Waals surface area contributed by atoms with Crippen LogP contribution in [-0.4, -0.2) is 18.8 Å². The molecule has 0 aromatic heterocycles. The lowest BCUT2D eigenvalue weighted by Gasteiger charge is -2.18. The summed E-state index contributed by atoms with van der Waals surface area (Å²) in [7, 11) is 0. The third-order valence-electron chi connectivity index (χ3n) is 1.95. The zero-order valence-electron chi connectivity index (χ0n) is 8.52. The van der Waals surface area contributed by atoms with Crippen LogP contribution in [0, 0.1) is 11.8 Å². The number of rotatable bonds is 4. The first kappa shape index (κ1) is 13.3. The van der Waals surface area contributed by atoms with Crippen molar-refractivity contribution in [3.8, 4) is 0 Å². The molecular formula is C9H15F3O2. The highest BCUT2D eigenvalue weighted by Crippen LogP contribution is 2.30. The van der Waals surface area contributed by atoms with Crippen molar-refractivity contribution in [2.75, 3.05) is 6.61 Å². The van der Waals surface area contributed by atoms with E-state index in [-0.39, 0.29) is 13.0 Å².